The molecule has 176 valence electrons. The molecule has 0 N–H and O–H groups in total. The van der Waals surface area contributed by atoms with Gasteiger partial charge in [-0.15, -0.1) is 0 Å². The Hall–Kier alpha value is -1.84. The Morgan fingerprint density at radius 3 is 1.48 bits per heavy atom. The van der Waals surface area contributed by atoms with Gasteiger partial charge in [0, 0.05) is 5.56 Å². The van der Waals surface area contributed by atoms with E-state index in [1.165, 1.54) is 103 Å². The van der Waals surface area contributed by atoms with Crippen molar-refractivity contribution in [1.29, 1.82) is 0 Å². The van der Waals surface area contributed by atoms with Crippen molar-refractivity contribution in [2.24, 2.45) is 0 Å². The second-order valence-corrected chi connectivity index (χ2v) is 8.50. The highest BCUT2D eigenvalue weighted by molar-refractivity contribution is 6.40. The van der Waals surface area contributed by atoms with Crippen LogP contribution in [0.2, 0.25) is 0 Å². The second kappa shape index (κ2) is 18.9. The summed E-state index contributed by atoms with van der Waals surface area (Å²) in [5.74, 6) is -0.754. The highest BCUT2D eigenvalue weighted by Gasteiger charge is 2.16. The van der Waals surface area contributed by atoms with Crippen LogP contribution in [-0.2, 0) is 9.53 Å². The highest BCUT2D eigenvalue weighted by Crippen LogP contribution is 2.15. The third kappa shape index (κ3) is 14.0. The monoisotopic (exact) mass is 432 g/mol. The fourth-order valence-corrected chi connectivity index (χ4v) is 3.75. The summed E-state index contributed by atoms with van der Waals surface area (Å²) in [6, 6.07) is 6.65. The molecule has 1 aromatic rings. The van der Waals surface area contributed by atoms with Crippen LogP contribution >= 0.6 is 0 Å². The normalized spacial score (nSPS) is 10.8. The Bertz CT molecular complexity index is 579. The van der Waals surface area contributed by atoms with Gasteiger partial charge in [-0.2, -0.15) is 0 Å². The van der Waals surface area contributed by atoms with E-state index in [1.807, 2.05) is 0 Å². The van der Waals surface area contributed by atoms with E-state index in [0.29, 0.717) is 12.2 Å². The molecule has 0 saturated heterocycles. The van der Waals surface area contributed by atoms with E-state index < -0.39 is 11.8 Å². The van der Waals surface area contributed by atoms with Crippen LogP contribution in [0.1, 0.15) is 120 Å². The zero-order valence-corrected chi connectivity index (χ0v) is 20.0. The number of unbranched alkanes of at least 4 members (excludes halogenated alkanes) is 15. The minimum atomic E-state index is -0.846. The molecule has 0 radical (unpaired) electrons. The zero-order chi connectivity index (χ0) is 22.6. The van der Waals surface area contributed by atoms with Gasteiger partial charge in [-0.25, -0.2) is 4.79 Å². The smallest absolute Gasteiger partial charge is 0.379 e. The van der Waals surface area contributed by atoms with Gasteiger partial charge in [-0.05, 0) is 30.7 Å². The Morgan fingerprint density at radius 2 is 1.06 bits per heavy atom. The third-order valence-corrected chi connectivity index (χ3v) is 5.75. The van der Waals surface area contributed by atoms with E-state index in [2.05, 4.69) is 11.7 Å². The van der Waals surface area contributed by atoms with Crippen molar-refractivity contribution in [3.63, 3.8) is 0 Å². The first kappa shape index (κ1) is 27.2. The van der Waals surface area contributed by atoms with Crippen molar-refractivity contribution in [2.75, 3.05) is 13.7 Å². The summed E-state index contributed by atoms with van der Waals surface area (Å²) in [5.41, 5.74) is 0.321. The van der Waals surface area contributed by atoms with E-state index >= 15 is 0 Å². The lowest BCUT2D eigenvalue weighted by Crippen LogP contribution is -2.15. The molecule has 0 atom stereocenters. The molecule has 4 heteroatoms. The number of methoxy groups -OCH3 is 1. The van der Waals surface area contributed by atoms with E-state index in [1.54, 1.807) is 24.3 Å². The summed E-state index contributed by atoms with van der Waals surface area (Å²) < 4.78 is 10.2. The molecule has 0 amide bonds. The number of carbonyl (C=O) groups excluding carboxylic acids is 2. The number of esters is 1. The van der Waals surface area contributed by atoms with Crippen molar-refractivity contribution < 1.29 is 19.1 Å². The van der Waals surface area contributed by atoms with Gasteiger partial charge in [0.15, 0.2) is 0 Å². The topological polar surface area (TPSA) is 52.6 Å². The molecule has 0 fully saturated rings. The van der Waals surface area contributed by atoms with Crippen LogP contribution in [-0.4, -0.2) is 25.5 Å². The predicted octanol–water partition coefficient (Wildman–Crippen LogP) is 7.68. The molecule has 0 aliphatic rings. The molecule has 0 unspecified atom stereocenters. The lowest BCUT2D eigenvalue weighted by Gasteiger charge is -2.07. The van der Waals surface area contributed by atoms with Crippen molar-refractivity contribution >= 4 is 11.8 Å². The fourth-order valence-electron chi connectivity index (χ4n) is 3.75. The first-order valence-electron chi connectivity index (χ1n) is 12.5. The van der Waals surface area contributed by atoms with Crippen molar-refractivity contribution in [3.8, 4) is 5.75 Å². The Balaban J connectivity index is 1.88. The number of hydrogen-bond acceptors (Lipinski definition) is 4. The summed E-state index contributed by atoms with van der Waals surface area (Å²) in [6.07, 6.45) is 21.7. The van der Waals surface area contributed by atoms with Gasteiger partial charge in [0.05, 0.1) is 13.7 Å². The molecule has 0 spiro atoms. The number of hydrogen-bond donors (Lipinski definition) is 0. The quantitative estimate of drug-likeness (QED) is 0.0917. The van der Waals surface area contributed by atoms with Crippen LogP contribution in [0.5, 0.6) is 5.75 Å². The molecule has 0 aliphatic heterocycles. The fraction of sp³-hybridized carbons (Fsp3) is 0.704. The van der Waals surface area contributed by atoms with Gasteiger partial charge in [0.25, 0.3) is 5.78 Å². The number of ketones is 1. The van der Waals surface area contributed by atoms with Crippen LogP contribution in [0.15, 0.2) is 24.3 Å². The van der Waals surface area contributed by atoms with E-state index in [-0.39, 0.29) is 0 Å². The van der Waals surface area contributed by atoms with Crippen LogP contribution in [0.3, 0.4) is 0 Å². The number of carbonyl (C=O) groups is 2. The van der Waals surface area contributed by atoms with Gasteiger partial charge >= 0.3 is 5.97 Å². The van der Waals surface area contributed by atoms with E-state index in [4.69, 9.17) is 4.74 Å². The van der Waals surface area contributed by atoms with Crippen molar-refractivity contribution in [3.05, 3.63) is 29.8 Å². The summed E-state index contributed by atoms with van der Waals surface area (Å²) in [5, 5.41) is 0. The van der Waals surface area contributed by atoms with Gasteiger partial charge in [-0.1, -0.05) is 103 Å². The summed E-state index contributed by atoms with van der Waals surface area (Å²) >= 11 is 0. The maximum absolute atomic E-state index is 11.7. The minimum absolute atomic E-state index is 0.321. The third-order valence-electron chi connectivity index (χ3n) is 5.75. The lowest BCUT2D eigenvalue weighted by molar-refractivity contribution is -0.135. The van der Waals surface area contributed by atoms with Crippen LogP contribution in [0.4, 0.5) is 0 Å². The van der Waals surface area contributed by atoms with E-state index in [0.717, 1.165) is 12.2 Å². The summed E-state index contributed by atoms with van der Waals surface area (Å²) in [7, 11) is 1.20. The highest BCUT2D eigenvalue weighted by atomic mass is 16.5. The standard InChI is InChI=1S/C27H44O4/c1-3-4-5-6-7-8-9-10-11-12-13-14-15-16-17-18-23-31-25-21-19-24(20-22-25)26(28)27(29)30-2/h19-22H,3-18,23H2,1-2H3. The molecule has 4 nitrogen and oxygen atoms in total. The second-order valence-electron chi connectivity index (χ2n) is 8.50. The van der Waals surface area contributed by atoms with Crippen molar-refractivity contribution in [1.82, 2.24) is 0 Å². The Kier molecular flexibility index (Phi) is 16.6. The number of ether oxygens (including phenoxy) is 2. The molecule has 1 aromatic carbocycles. The summed E-state index contributed by atoms with van der Waals surface area (Å²) in [6.45, 7) is 2.96. The zero-order valence-electron chi connectivity index (χ0n) is 20.0. The molecule has 0 bridgehead atoms. The molecule has 0 saturated carbocycles. The van der Waals surface area contributed by atoms with E-state index in [9.17, 15) is 9.59 Å². The number of Topliss-reactive ketones (excluding diaryl/α,β-unsaturated/α-hetero) is 1. The van der Waals surface area contributed by atoms with Crippen LogP contribution in [0.25, 0.3) is 0 Å². The Morgan fingerprint density at radius 1 is 0.645 bits per heavy atom. The first-order valence-corrected chi connectivity index (χ1v) is 12.5. The van der Waals surface area contributed by atoms with Gasteiger partial charge in [0.1, 0.15) is 5.75 Å². The predicted molar refractivity (Wildman–Crippen MR) is 128 cm³/mol. The Labute approximate surface area is 190 Å². The van der Waals surface area contributed by atoms with Crippen molar-refractivity contribution in [2.45, 2.75) is 110 Å². The number of rotatable bonds is 20. The van der Waals surface area contributed by atoms with Crippen LogP contribution in [0, 0.1) is 0 Å². The van der Waals surface area contributed by atoms with Gasteiger partial charge < -0.3 is 9.47 Å². The molecule has 0 heterocycles. The molecule has 31 heavy (non-hydrogen) atoms. The molecular formula is C27H44O4. The average Bonchev–Trinajstić information content (AvgIpc) is 2.80. The molecule has 0 aromatic heterocycles. The first-order chi connectivity index (χ1) is 15.2. The molecule has 0 aliphatic carbocycles. The maximum Gasteiger partial charge on any atom is 0.379 e. The molecule has 1 rings (SSSR count). The average molecular weight is 433 g/mol. The van der Waals surface area contributed by atoms with Gasteiger partial charge in [-0.3, -0.25) is 4.79 Å². The summed E-state index contributed by atoms with van der Waals surface area (Å²) in [4.78, 5) is 22.9. The van der Waals surface area contributed by atoms with Gasteiger partial charge in [0.2, 0.25) is 0 Å². The van der Waals surface area contributed by atoms with Crippen LogP contribution < -0.4 is 4.74 Å². The minimum Gasteiger partial charge on any atom is -0.494 e. The number of benzene rings is 1. The SMILES string of the molecule is CCCCCCCCCCCCCCCCCCOc1ccc(C(=O)C(=O)OC)cc1. The molecular weight excluding hydrogens is 388 g/mol. The largest absolute Gasteiger partial charge is 0.494 e. The maximum atomic E-state index is 11.7. The lowest BCUT2D eigenvalue weighted by atomic mass is 10.0.